The summed E-state index contributed by atoms with van der Waals surface area (Å²) in [4.78, 5) is 21.9. The first-order valence-corrected chi connectivity index (χ1v) is 5.08. The van der Waals surface area contributed by atoms with Crippen LogP contribution in [0.15, 0.2) is 18.2 Å². The number of esters is 1. The number of ether oxygens (including phenoxy) is 1. The molecule has 1 aromatic rings. The van der Waals surface area contributed by atoms with E-state index in [1.807, 2.05) is 0 Å². The van der Waals surface area contributed by atoms with E-state index < -0.39 is 11.9 Å². The molecular formula is C12H14O5. The fourth-order valence-corrected chi connectivity index (χ4v) is 1.51. The number of hydrogen-bond acceptors (Lipinski definition) is 4. The summed E-state index contributed by atoms with van der Waals surface area (Å²) in [6.45, 7) is 1.74. The molecule has 5 heteroatoms. The molecule has 0 bridgehead atoms. The van der Waals surface area contributed by atoms with Crippen molar-refractivity contribution < 1.29 is 24.5 Å². The summed E-state index contributed by atoms with van der Waals surface area (Å²) in [6, 6.07) is 4.41. The molecule has 0 radical (unpaired) electrons. The molecule has 5 nitrogen and oxygen atoms in total. The van der Waals surface area contributed by atoms with Crippen LogP contribution in [0.3, 0.4) is 0 Å². The van der Waals surface area contributed by atoms with Gasteiger partial charge in [0.2, 0.25) is 0 Å². The van der Waals surface area contributed by atoms with Crippen LogP contribution in [0.25, 0.3) is 0 Å². The summed E-state index contributed by atoms with van der Waals surface area (Å²) in [5.74, 6) is -1.98. The lowest BCUT2D eigenvalue weighted by Crippen LogP contribution is -2.06. The molecule has 0 heterocycles. The standard InChI is InChI=1S/C12H14O5/c1-7(5-11(14)15)8-3-4-10(13)9(6-8)12(16)17-2/h3-4,6-7,13H,5H2,1-2H3,(H,14,15). The molecule has 92 valence electrons. The van der Waals surface area contributed by atoms with Crippen molar-refractivity contribution in [3.05, 3.63) is 29.3 Å². The fourth-order valence-electron chi connectivity index (χ4n) is 1.51. The van der Waals surface area contributed by atoms with E-state index in [0.29, 0.717) is 5.56 Å². The SMILES string of the molecule is COC(=O)c1cc(C(C)CC(=O)O)ccc1O. The van der Waals surface area contributed by atoms with Gasteiger partial charge in [-0.2, -0.15) is 0 Å². The van der Waals surface area contributed by atoms with Crippen LogP contribution < -0.4 is 0 Å². The van der Waals surface area contributed by atoms with E-state index in [4.69, 9.17) is 5.11 Å². The molecule has 0 saturated heterocycles. The lowest BCUT2D eigenvalue weighted by atomic mass is 9.96. The Kier molecular flexibility index (Phi) is 4.09. The Bertz CT molecular complexity index is 439. The molecule has 0 aliphatic heterocycles. The number of carbonyl (C=O) groups is 2. The number of aliphatic carboxylic acids is 1. The highest BCUT2D eigenvalue weighted by Gasteiger charge is 2.16. The predicted octanol–water partition coefficient (Wildman–Crippen LogP) is 1.76. The molecule has 1 aromatic carbocycles. The molecule has 0 aliphatic carbocycles. The summed E-state index contributed by atoms with van der Waals surface area (Å²) in [5, 5.41) is 18.2. The van der Waals surface area contributed by atoms with Crippen molar-refractivity contribution in [2.45, 2.75) is 19.3 Å². The number of aromatic hydroxyl groups is 1. The first-order valence-electron chi connectivity index (χ1n) is 5.08. The Morgan fingerprint density at radius 1 is 1.41 bits per heavy atom. The second kappa shape index (κ2) is 5.34. The summed E-state index contributed by atoms with van der Waals surface area (Å²) >= 11 is 0. The van der Waals surface area contributed by atoms with Gasteiger partial charge in [-0.3, -0.25) is 4.79 Å². The molecule has 0 saturated carbocycles. The van der Waals surface area contributed by atoms with E-state index in [1.165, 1.54) is 19.2 Å². The van der Waals surface area contributed by atoms with Crippen LogP contribution in [-0.4, -0.2) is 29.3 Å². The molecule has 1 unspecified atom stereocenters. The van der Waals surface area contributed by atoms with Gasteiger partial charge >= 0.3 is 11.9 Å². The predicted molar refractivity (Wildman–Crippen MR) is 60.1 cm³/mol. The zero-order valence-corrected chi connectivity index (χ0v) is 9.64. The Hall–Kier alpha value is -2.04. The monoisotopic (exact) mass is 238 g/mol. The third kappa shape index (κ3) is 3.21. The Labute approximate surface area is 98.6 Å². The molecule has 1 atom stereocenters. The highest BCUT2D eigenvalue weighted by Crippen LogP contribution is 2.25. The number of phenols is 1. The second-order valence-electron chi connectivity index (χ2n) is 3.77. The summed E-state index contributed by atoms with van der Waals surface area (Å²) < 4.78 is 4.52. The van der Waals surface area contributed by atoms with Gasteiger partial charge in [0.15, 0.2) is 0 Å². The summed E-state index contributed by atoms with van der Waals surface area (Å²) in [7, 11) is 1.22. The quantitative estimate of drug-likeness (QED) is 0.781. The van der Waals surface area contributed by atoms with Gasteiger partial charge < -0.3 is 14.9 Å². The summed E-state index contributed by atoms with van der Waals surface area (Å²) in [6.07, 6.45) is -0.0363. The summed E-state index contributed by atoms with van der Waals surface area (Å²) in [5.41, 5.74) is 0.716. The molecule has 0 amide bonds. The van der Waals surface area contributed by atoms with Crippen LogP contribution in [-0.2, 0) is 9.53 Å². The molecule has 0 aromatic heterocycles. The van der Waals surface area contributed by atoms with E-state index in [1.54, 1.807) is 13.0 Å². The van der Waals surface area contributed by atoms with Crippen LogP contribution in [0.4, 0.5) is 0 Å². The molecule has 0 spiro atoms. The van der Waals surface area contributed by atoms with E-state index in [-0.39, 0.29) is 23.7 Å². The number of carboxylic acids is 1. The normalized spacial score (nSPS) is 11.9. The van der Waals surface area contributed by atoms with Crippen molar-refractivity contribution in [1.82, 2.24) is 0 Å². The van der Waals surface area contributed by atoms with E-state index in [2.05, 4.69) is 4.74 Å². The first-order chi connectivity index (χ1) is 7.95. The Balaban J connectivity index is 3.03. The van der Waals surface area contributed by atoms with Gasteiger partial charge in [0, 0.05) is 0 Å². The van der Waals surface area contributed by atoms with Crippen molar-refractivity contribution in [3.63, 3.8) is 0 Å². The van der Waals surface area contributed by atoms with Gasteiger partial charge in [-0.25, -0.2) is 4.79 Å². The number of phenolic OH excluding ortho intramolecular Hbond substituents is 1. The molecule has 1 rings (SSSR count). The number of carboxylic acid groups (broad SMARTS) is 1. The zero-order valence-electron chi connectivity index (χ0n) is 9.64. The number of rotatable bonds is 4. The molecule has 0 fully saturated rings. The maximum atomic E-state index is 11.3. The van der Waals surface area contributed by atoms with Crippen molar-refractivity contribution in [3.8, 4) is 5.75 Å². The van der Waals surface area contributed by atoms with Crippen molar-refractivity contribution in [2.24, 2.45) is 0 Å². The van der Waals surface area contributed by atoms with E-state index in [9.17, 15) is 14.7 Å². The third-order valence-corrected chi connectivity index (χ3v) is 2.48. The smallest absolute Gasteiger partial charge is 0.341 e. The third-order valence-electron chi connectivity index (χ3n) is 2.48. The Morgan fingerprint density at radius 3 is 2.59 bits per heavy atom. The van der Waals surface area contributed by atoms with Gasteiger partial charge in [0.25, 0.3) is 0 Å². The van der Waals surface area contributed by atoms with E-state index in [0.717, 1.165) is 0 Å². The number of methoxy groups -OCH3 is 1. The number of hydrogen-bond donors (Lipinski definition) is 2. The number of benzene rings is 1. The zero-order chi connectivity index (χ0) is 13.0. The van der Waals surface area contributed by atoms with Crippen molar-refractivity contribution in [2.75, 3.05) is 7.11 Å². The van der Waals surface area contributed by atoms with Crippen LogP contribution in [0.1, 0.15) is 35.2 Å². The first kappa shape index (κ1) is 13.0. The highest BCUT2D eigenvalue weighted by molar-refractivity contribution is 5.92. The molecular weight excluding hydrogens is 224 g/mol. The van der Waals surface area contributed by atoms with Gasteiger partial charge in [0.1, 0.15) is 11.3 Å². The van der Waals surface area contributed by atoms with Crippen molar-refractivity contribution in [1.29, 1.82) is 0 Å². The van der Waals surface area contributed by atoms with E-state index >= 15 is 0 Å². The fraction of sp³-hybridized carbons (Fsp3) is 0.333. The molecule has 0 aliphatic rings. The van der Waals surface area contributed by atoms with Gasteiger partial charge in [-0.1, -0.05) is 13.0 Å². The van der Waals surface area contributed by atoms with Crippen molar-refractivity contribution >= 4 is 11.9 Å². The minimum Gasteiger partial charge on any atom is -0.507 e. The van der Waals surface area contributed by atoms with Crippen LogP contribution in [0.5, 0.6) is 5.75 Å². The van der Waals surface area contributed by atoms with Crippen LogP contribution in [0.2, 0.25) is 0 Å². The largest absolute Gasteiger partial charge is 0.507 e. The lowest BCUT2D eigenvalue weighted by Gasteiger charge is -2.11. The average Bonchev–Trinajstić information content (AvgIpc) is 2.27. The maximum Gasteiger partial charge on any atom is 0.341 e. The van der Waals surface area contributed by atoms with Crippen LogP contribution >= 0.6 is 0 Å². The maximum absolute atomic E-state index is 11.3. The minimum atomic E-state index is -0.912. The molecule has 17 heavy (non-hydrogen) atoms. The topological polar surface area (TPSA) is 83.8 Å². The Morgan fingerprint density at radius 2 is 2.06 bits per heavy atom. The second-order valence-corrected chi connectivity index (χ2v) is 3.77. The molecule has 2 N–H and O–H groups in total. The van der Waals surface area contributed by atoms with Gasteiger partial charge in [0.05, 0.1) is 13.5 Å². The van der Waals surface area contributed by atoms with Crippen LogP contribution in [0, 0.1) is 0 Å². The lowest BCUT2D eigenvalue weighted by molar-refractivity contribution is -0.137. The average molecular weight is 238 g/mol. The highest BCUT2D eigenvalue weighted by atomic mass is 16.5. The van der Waals surface area contributed by atoms with Gasteiger partial charge in [-0.05, 0) is 23.6 Å². The van der Waals surface area contributed by atoms with Gasteiger partial charge in [-0.15, -0.1) is 0 Å². The number of carbonyl (C=O) groups excluding carboxylic acids is 1. The minimum absolute atomic E-state index is 0.0363.